The molecule has 9 nitrogen and oxygen atoms in total. The number of urea groups is 1. The number of alkyl halides is 3. The highest BCUT2D eigenvalue weighted by molar-refractivity contribution is 6.05. The summed E-state index contributed by atoms with van der Waals surface area (Å²) >= 11 is 0. The molecule has 0 aromatic heterocycles. The molecule has 36 heavy (non-hydrogen) atoms. The monoisotopic (exact) mass is 504 g/mol. The average molecular weight is 504 g/mol. The highest BCUT2D eigenvalue weighted by atomic mass is 19.4. The van der Waals surface area contributed by atoms with E-state index in [9.17, 15) is 37.5 Å². The molecule has 1 atom stereocenters. The number of hydrogen-bond acceptors (Lipinski definition) is 5. The third kappa shape index (κ3) is 4.83. The summed E-state index contributed by atoms with van der Waals surface area (Å²) < 4.78 is 38.8. The smallest absolute Gasteiger partial charge is 0.419 e. The largest absolute Gasteiger partial charge is 0.507 e. The molecule has 0 aliphatic carbocycles. The van der Waals surface area contributed by atoms with Gasteiger partial charge in [0.25, 0.3) is 11.8 Å². The van der Waals surface area contributed by atoms with E-state index in [-0.39, 0.29) is 49.9 Å². The van der Waals surface area contributed by atoms with Crippen LogP contribution in [0.15, 0.2) is 36.4 Å². The lowest BCUT2D eigenvalue weighted by molar-refractivity contribution is -0.150. The van der Waals surface area contributed by atoms with Gasteiger partial charge in [-0.05, 0) is 29.7 Å². The lowest BCUT2D eigenvalue weighted by Crippen LogP contribution is -2.53. The number of benzene rings is 2. The van der Waals surface area contributed by atoms with Crippen LogP contribution in [0.2, 0.25) is 0 Å². The average Bonchev–Trinajstić information content (AvgIpc) is 3.15. The van der Waals surface area contributed by atoms with Crippen molar-refractivity contribution in [3.8, 4) is 5.75 Å². The van der Waals surface area contributed by atoms with E-state index in [0.717, 1.165) is 22.6 Å². The molecule has 1 saturated heterocycles. The molecule has 1 unspecified atom stereocenters. The molecule has 4 rings (SSSR count). The highest BCUT2D eigenvalue weighted by Gasteiger charge is 2.41. The molecule has 2 aliphatic heterocycles. The third-order valence-electron chi connectivity index (χ3n) is 6.32. The predicted octanol–water partition coefficient (Wildman–Crippen LogP) is 2.51. The molecule has 0 radical (unpaired) electrons. The Bertz CT molecular complexity index is 1250. The molecule has 12 heteroatoms. The molecule has 2 aromatic carbocycles. The number of carbonyl (C=O) groups is 4. The molecular formula is C24H23F3N4O5. The zero-order chi connectivity index (χ0) is 26.2. The maximum absolute atomic E-state index is 13.0. The Hall–Kier alpha value is -4.09. The number of carbonyl (C=O) groups excluding carboxylic acids is 4. The van der Waals surface area contributed by atoms with Crippen LogP contribution in [0.25, 0.3) is 0 Å². The van der Waals surface area contributed by atoms with Gasteiger partial charge in [-0.3, -0.25) is 19.3 Å². The first-order valence-electron chi connectivity index (χ1n) is 11.1. The van der Waals surface area contributed by atoms with E-state index in [2.05, 4.69) is 10.6 Å². The van der Waals surface area contributed by atoms with E-state index in [4.69, 9.17) is 0 Å². The second-order valence-electron chi connectivity index (χ2n) is 8.62. The van der Waals surface area contributed by atoms with Gasteiger partial charge in [0, 0.05) is 44.2 Å². The standard InChI is InChI=1S/C24H23F3N4O5/c1-30-19(32)8-7-18(22(30)35)31-12-15-6-5-13(9-16(15)21(31)34)10-28-23(36)29-11-14-3-2-4-17(20(14)33)24(25,26)27/h2-6,9,18,33H,7-8,10-12H2,1H3,(H2,28,29,36). The van der Waals surface area contributed by atoms with Gasteiger partial charge in [0.1, 0.15) is 11.8 Å². The van der Waals surface area contributed by atoms with E-state index in [1.807, 2.05) is 0 Å². The van der Waals surface area contributed by atoms with Crippen molar-refractivity contribution in [2.45, 2.75) is 44.7 Å². The number of piperidine rings is 1. The maximum Gasteiger partial charge on any atom is 0.419 e. The lowest BCUT2D eigenvalue weighted by Gasteiger charge is -2.33. The van der Waals surface area contributed by atoms with Crippen LogP contribution in [0, 0.1) is 0 Å². The molecule has 5 amide bonds. The van der Waals surface area contributed by atoms with Crippen molar-refractivity contribution in [1.82, 2.24) is 20.4 Å². The molecule has 0 spiro atoms. The van der Waals surface area contributed by atoms with Gasteiger partial charge in [0.05, 0.1) is 5.56 Å². The summed E-state index contributed by atoms with van der Waals surface area (Å²) in [6, 6.07) is 6.81. The van der Waals surface area contributed by atoms with Crippen LogP contribution in [0.3, 0.4) is 0 Å². The summed E-state index contributed by atoms with van der Waals surface area (Å²) in [5.41, 5.74) is 0.444. The van der Waals surface area contributed by atoms with E-state index in [1.165, 1.54) is 18.0 Å². The molecule has 3 N–H and O–H groups in total. The van der Waals surface area contributed by atoms with Crippen molar-refractivity contribution >= 4 is 23.8 Å². The fraction of sp³-hybridized carbons (Fsp3) is 0.333. The van der Waals surface area contributed by atoms with Crippen molar-refractivity contribution < 1.29 is 37.5 Å². The van der Waals surface area contributed by atoms with Gasteiger partial charge in [-0.25, -0.2) is 4.79 Å². The number of nitrogens with one attached hydrogen (secondary N) is 2. The van der Waals surface area contributed by atoms with Gasteiger partial charge < -0.3 is 20.6 Å². The fourth-order valence-corrected chi connectivity index (χ4v) is 4.30. The minimum Gasteiger partial charge on any atom is -0.507 e. The number of phenolic OH excluding ortho intramolecular Hbond substituents is 1. The van der Waals surface area contributed by atoms with Crippen LogP contribution in [0.1, 0.15) is 45.5 Å². The van der Waals surface area contributed by atoms with Gasteiger partial charge in [-0.2, -0.15) is 13.2 Å². The number of rotatable bonds is 5. The van der Waals surface area contributed by atoms with Crippen molar-refractivity contribution in [3.63, 3.8) is 0 Å². The number of imide groups is 1. The summed E-state index contributed by atoms with van der Waals surface area (Å²) in [6.07, 6.45) is -4.28. The topological polar surface area (TPSA) is 119 Å². The second kappa shape index (κ2) is 9.51. The Morgan fingerprint density at radius 3 is 2.56 bits per heavy atom. The summed E-state index contributed by atoms with van der Waals surface area (Å²) in [7, 11) is 1.40. The normalized spacial score (nSPS) is 17.9. The van der Waals surface area contributed by atoms with E-state index >= 15 is 0 Å². The SMILES string of the molecule is CN1C(=O)CCC(N2Cc3ccc(CNC(=O)NCc4cccc(C(F)(F)F)c4O)cc3C2=O)C1=O. The number of halogens is 3. The number of phenols is 1. The fourth-order valence-electron chi connectivity index (χ4n) is 4.30. The molecule has 0 saturated carbocycles. The maximum atomic E-state index is 13.0. The number of amides is 5. The molecule has 190 valence electrons. The van der Waals surface area contributed by atoms with E-state index in [0.29, 0.717) is 11.1 Å². The summed E-state index contributed by atoms with van der Waals surface area (Å²) in [5.74, 6) is -1.98. The van der Waals surface area contributed by atoms with Crippen LogP contribution in [0.4, 0.5) is 18.0 Å². The Morgan fingerprint density at radius 2 is 1.83 bits per heavy atom. The molecule has 2 aliphatic rings. The number of para-hydroxylation sites is 1. The van der Waals surface area contributed by atoms with Crippen LogP contribution < -0.4 is 10.6 Å². The summed E-state index contributed by atoms with van der Waals surface area (Å²) in [6.45, 7) is -0.0621. The third-order valence-corrected chi connectivity index (χ3v) is 6.32. The molecule has 0 bridgehead atoms. The van der Waals surface area contributed by atoms with Gasteiger partial charge in [-0.15, -0.1) is 0 Å². The van der Waals surface area contributed by atoms with Gasteiger partial charge in [0.15, 0.2) is 0 Å². The summed E-state index contributed by atoms with van der Waals surface area (Å²) in [5, 5.41) is 14.8. The molecule has 1 fully saturated rings. The minimum absolute atomic E-state index is 0.0283. The second-order valence-corrected chi connectivity index (χ2v) is 8.62. The number of hydrogen-bond donors (Lipinski definition) is 3. The number of likely N-dealkylation sites (tertiary alicyclic amines) is 1. The predicted molar refractivity (Wildman–Crippen MR) is 119 cm³/mol. The number of fused-ring (bicyclic) bond motifs is 1. The zero-order valence-electron chi connectivity index (χ0n) is 19.2. The minimum atomic E-state index is -4.72. The number of aromatic hydroxyl groups is 1. The lowest BCUT2D eigenvalue weighted by atomic mass is 10.0. The van der Waals surface area contributed by atoms with Gasteiger partial charge >= 0.3 is 12.2 Å². The Labute approximate surface area is 203 Å². The van der Waals surface area contributed by atoms with Crippen molar-refractivity contribution in [2.75, 3.05) is 7.05 Å². The van der Waals surface area contributed by atoms with Crippen LogP contribution in [-0.2, 0) is 35.4 Å². The first-order valence-corrected chi connectivity index (χ1v) is 11.1. The molecule has 2 aromatic rings. The van der Waals surface area contributed by atoms with E-state index < -0.39 is 35.5 Å². The van der Waals surface area contributed by atoms with Crippen LogP contribution in [0.5, 0.6) is 5.75 Å². The number of nitrogens with zero attached hydrogens (tertiary/aromatic N) is 2. The Kier molecular flexibility index (Phi) is 6.61. The molecular weight excluding hydrogens is 481 g/mol. The van der Waals surface area contributed by atoms with Gasteiger partial charge in [-0.1, -0.05) is 24.3 Å². The van der Waals surface area contributed by atoms with Crippen LogP contribution >= 0.6 is 0 Å². The summed E-state index contributed by atoms with van der Waals surface area (Å²) in [4.78, 5) is 51.9. The van der Waals surface area contributed by atoms with Gasteiger partial charge in [0.2, 0.25) is 5.91 Å². The Balaban J connectivity index is 1.35. The van der Waals surface area contributed by atoms with Crippen molar-refractivity contribution in [2.24, 2.45) is 0 Å². The van der Waals surface area contributed by atoms with E-state index in [1.54, 1.807) is 18.2 Å². The Morgan fingerprint density at radius 1 is 1.11 bits per heavy atom. The zero-order valence-corrected chi connectivity index (χ0v) is 19.2. The number of likely N-dealkylation sites (N-methyl/N-ethyl adjacent to an activating group) is 1. The van der Waals surface area contributed by atoms with Crippen LogP contribution in [-0.4, -0.2) is 51.7 Å². The quantitative estimate of drug-likeness (QED) is 0.541. The molecule has 2 heterocycles. The first kappa shape index (κ1) is 25.0. The highest BCUT2D eigenvalue weighted by Crippen LogP contribution is 2.37. The first-order chi connectivity index (χ1) is 17.0. The van der Waals surface area contributed by atoms with Crippen molar-refractivity contribution in [3.05, 3.63) is 64.2 Å². The van der Waals surface area contributed by atoms with Crippen molar-refractivity contribution in [1.29, 1.82) is 0 Å².